The number of halogens is 1. The summed E-state index contributed by atoms with van der Waals surface area (Å²) in [6.07, 6.45) is 1.61. The van der Waals surface area contributed by atoms with E-state index in [1.54, 1.807) is 28.8 Å². The van der Waals surface area contributed by atoms with Crippen molar-refractivity contribution in [2.24, 2.45) is 0 Å². The Bertz CT molecular complexity index is 1220. The molecular formula is C24H21FN2O2. The average Bonchev–Trinajstić information content (AvgIpc) is 2.73. The van der Waals surface area contributed by atoms with Crippen molar-refractivity contribution in [2.45, 2.75) is 25.8 Å². The lowest BCUT2D eigenvalue weighted by atomic mass is 10.1. The minimum atomic E-state index is -0.286. The van der Waals surface area contributed by atoms with Crippen LogP contribution in [0.15, 0.2) is 77.6 Å². The van der Waals surface area contributed by atoms with Crippen molar-refractivity contribution in [3.63, 3.8) is 0 Å². The lowest BCUT2D eigenvalue weighted by molar-refractivity contribution is 0.467. The molecule has 1 aromatic heterocycles. The number of phenols is 1. The van der Waals surface area contributed by atoms with Crippen molar-refractivity contribution in [2.75, 3.05) is 0 Å². The monoisotopic (exact) mass is 388 g/mol. The van der Waals surface area contributed by atoms with Crippen LogP contribution in [0.5, 0.6) is 5.75 Å². The molecule has 3 aromatic carbocycles. The predicted molar refractivity (Wildman–Crippen MR) is 112 cm³/mol. The third-order valence-electron chi connectivity index (χ3n) is 5.06. The molecule has 0 amide bonds. The van der Waals surface area contributed by atoms with Gasteiger partial charge in [-0.3, -0.25) is 9.36 Å². The molecule has 0 aliphatic carbocycles. The Morgan fingerprint density at radius 1 is 0.897 bits per heavy atom. The fourth-order valence-electron chi connectivity index (χ4n) is 3.54. The van der Waals surface area contributed by atoms with Crippen molar-refractivity contribution >= 4 is 10.9 Å². The molecule has 0 saturated heterocycles. The topological polar surface area (TPSA) is 55.1 Å². The Balaban J connectivity index is 1.68. The van der Waals surface area contributed by atoms with E-state index in [1.165, 1.54) is 12.1 Å². The van der Waals surface area contributed by atoms with E-state index >= 15 is 0 Å². The second kappa shape index (κ2) is 8.27. The Morgan fingerprint density at radius 2 is 1.69 bits per heavy atom. The first-order valence-corrected chi connectivity index (χ1v) is 9.61. The summed E-state index contributed by atoms with van der Waals surface area (Å²) in [5, 5.41) is 10.6. The second-order valence-electron chi connectivity index (χ2n) is 7.01. The third kappa shape index (κ3) is 4.19. The third-order valence-corrected chi connectivity index (χ3v) is 5.06. The van der Waals surface area contributed by atoms with E-state index < -0.39 is 0 Å². The molecule has 0 radical (unpaired) electrons. The van der Waals surface area contributed by atoms with E-state index in [9.17, 15) is 14.3 Å². The SMILES string of the molecule is O=c1c2ccccc2nc(CCc2ccccc2O)n1CCc1cccc(F)c1. The molecule has 0 spiro atoms. The first-order valence-electron chi connectivity index (χ1n) is 9.61. The maximum Gasteiger partial charge on any atom is 0.261 e. The Hall–Kier alpha value is -3.47. The van der Waals surface area contributed by atoms with Crippen LogP contribution in [0.3, 0.4) is 0 Å². The van der Waals surface area contributed by atoms with E-state index in [0.717, 1.165) is 11.1 Å². The molecule has 0 aliphatic rings. The number of aromatic hydroxyl groups is 1. The molecule has 0 saturated carbocycles. The summed E-state index contributed by atoms with van der Waals surface area (Å²) in [4.78, 5) is 17.8. The second-order valence-corrected chi connectivity index (χ2v) is 7.01. The molecule has 0 atom stereocenters. The fourth-order valence-corrected chi connectivity index (χ4v) is 3.54. The molecule has 4 rings (SSSR count). The van der Waals surface area contributed by atoms with Gasteiger partial charge < -0.3 is 5.11 Å². The number of nitrogens with zero attached hydrogens (tertiary/aromatic N) is 2. The van der Waals surface area contributed by atoms with Crippen molar-refractivity contribution < 1.29 is 9.50 Å². The Morgan fingerprint density at radius 3 is 2.52 bits per heavy atom. The van der Waals surface area contributed by atoms with E-state index in [1.807, 2.05) is 36.4 Å². The zero-order valence-electron chi connectivity index (χ0n) is 15.9. The minimum absolute atomic E-state index is 0.0979. The van der Waals surface area contributed by atoms with Gasteiger partial charge in [0.05, 0.1) is 10.9 Å². The minimum Gasteiger partial charge on any atom is -0.508 e. The highest BCUT2D eigenvalue weighted by Crippen LogP contribution is 2.18. The summed E-state index contributed by atoms with van der Waals surface area (Å²) in [5.74, 6) is 0.613. The van der Waals surface area contributed by atoms with E-state index in [-0.39, 0.29) is 17.1 Å². The number of hydrogen-bond donors (Lipinski definition) is 1. The number of aromatic nitrogens is 2. The predicted octanol–water partition coefficient (Wildman–Crippen LogP) is 4.27. The van der Waals surface area contributed by atoms with E-state index in [0.29, 0.717) is 42.5 Å². The molecule has 1 heterocycles. The van der Waals surface area contributed by atoms with Crippen LogP contribution in [-0.4, -0.2) is 14.7 Å². The molecule has 146 valence electrons. The molecule has 0 unspecified atom stereocenters. The summed E-state index contributed by atoms with van der Waals surface area (Å²) in [7, 11) is 0. The van der Waals surface area contributed by atoms with Gasteiger partial charge in [0.25, 0.3) is 5.56 Å². The highest BCUT2D eigenvalue weighted by atomic mass is 19.1. The summed E-state index contributed by atoms with van der Waals surface area (Å²) in [5.41, 5.74) is 2.20. The van der Waals surface area contributed by atoms with Crippen molar-refractivity contribution in [3.05, 3.63) is 106 Å². The first-order chi connectivity index (χ1) is 14.1. The van der Waals surface area contributed by atoms with Gasteiger partial charge in [0.2, 0.25) is 0 Å². The van der Waals surface area contributed by atoms with Gasteiger partial charge in [-0.25, -0.2) is 9.37 Å². The molecule has 0 fully saturated rings. The molecular weight excluding hydrogens is 367 g/mol. The van der Waals surface area contributed by atoms with Crippen LogP contribution in [0.4, 0.5) is 4.39 Å². The van der Waals surface area contributed by atoms with Crippen molar-refractivity contribution in [3.8, 4) is 5.75 Å². The maximum absolute atomic E-state index is 13.5. The van der Waals surface area contributed by atoms with Crippen LogP contribution in [0.1, 0.15) is 17.0 Å². The number of para-hydroxylation sites is 2. The average molecular weight is 388 g/mol. The maximum atomic E-state index is 13.5. The normalized spacial score (nSPS) is 11.1. The number of phenolic OH excluding ortho intramolecular Hbond substituents is 1. The fraction of sp³-hybridized carbons (Fsp3) is 0.167. The zero-order chi connectivity index (χ0) is 20.2. The van der Waals surface area contributed by atoms with Crippen LogP contribution < -0.4 is 5.56 Å². The number of hydrogen-bond acceptors (Lipinski definition) is 3. The van der Waals surface area contributed by atoms with Gasteiger partial charge in [-0.15, -0.1) is 0 Å². The van der Waals surface area contributed by atoms with Crippen molar-refractivity contribution in [1.29, 1.82) is 0 Å². The molecule has 4 nitrogen and oxygen atoms in total. The molecule has 0 aliphatic heterocycles. The van der Waals surface area contributed by atoms with Crippen LogP contribution >= 0.6 is 0 Å². The highest BCUT2D eigenvalue weighted by Gasteiger charge is 2.12. The number of aryl methyl sites for hydroxylation is 3. The number of fused-ring (bicyclic) bond motifs is 1. The van der Waals surface area contributed by atoms with Crippen LogP contribution in [0.25, 0.3) is 10.9 Å². The lowest BCUT2D eigenvalue weighted by Crippen LogP contribution is -2.26. The summed E-state index contributed by atoms with van der Waals surface area (Å²) < 4.78 is 15.2. The van der Waals surface area contributed by atoms with E-state index in [2.05, 4.69) is 0 Å². The van der Waals surface area contributed by atoms with Crippen LogP contribution in [-0.2, 0) is 25.8 Å². The van der Waals surface area contributed by atoms with Gasteiger partial charge in [0.15, 0.2) is 0 Å². The van der Waals surface area contributed by atoms with Crippen molar-refractivity contribution in [1.82, 2.24) is 9.55 Å². The van der Waals surface area contributed by atoms with Gasteiger partial charge in [-0.2, -0.15) is 0 Å². The quantitative estimate of drug-likeness (QED) is 0.537. The van der Waals surface area contributed by atoms with Gasteiger partial charge >= 0.3 is 0 Å². The molecule has 4 aromatic rings. The van der Waals surface area contributed by atoms with Gasteiger partial charge in [-0.05, 0) is 54.3 Å². The zero-order valence-corrected chi connectivity index (χ0v) is 15.9. The summed E-state index contributed by atoms with van der Waals surface area (Å²) in [6.45, 7) is 0.413. The van der Waals surface area contributed by atoms with Gasteiger partial charge in [0.1, 0.15) is 17.4 Å². The lowest BCUT2D eigenvalue weighted by Gasteiger charge is -2.14. The first kappa shape index (κ1) is 18.9. The van der Waals surface area contributed by atoms with Crippen LogP contribution in [0.2, 0.25) is 0 Å². The van der Waals surface area contributed by atoms with Gasteiger partial charge in [0, 0.05) is 13.0 Å². The number of benzene rings is 3. The molecule has 5 heteroatoms. The van der Waals surface area contributed by atoms with Crippen LogP contribution in [0, 0.1) is 5.82 Å². The highest BCUT2D eigenvalue weighted by molar-refractivity contribution is 5.77. The summed E-state index contributed by atoms with van der Waals surface area (Å²) in [6, 6.07) is 20.9. The molecule has 29 heavy (non-hydrogen) atoms. The molecule has 0 bridgehead atoms. The van der Waals surface area contributed by atoms with E-state index in [4.69, 9.17) is 4.98 Å². The number of rotatable bonds is 6. The van der Waals surface area contributed by atoms with Gasteiger partial charge in [-0.1, -0.05) is 42.5 Å². The Labute approximate surface area is 167 Å². The summed E-state index contributed by atoms with van der Waals surface area (Å²) >= 11 is 0. The standard InChI is InChI=1S/C24H21FN2O2/c25-19-8-5-6-17(16-19)14-15-27-23(13-12-18-7-1-4-11-22(18)28)26-21-10-3-2-9-20(21)24(27)29/h1-11,16,28H,12-15H2. The smallest absolute Gasteiger partial charge is 0.261 e. The molecule has 1 N–H and O–H groups in total. The largest absolute Gasteiger partial charge is 0.508 e. The Kier molecular flexibility index (Phi) is 5.38.